The molecule has 0 radical (unpaired) electrons. The molecule has 2 N–H and O–H groups in total. The van der Waals surface area contributed by atoms with Crippen LogP contribution in [0, 0.1) is 0 Å². The number of rotatable bonds is 6. The highest BCUT2D eigenvalue weighted by atomic mass is 16.5. The van der Waals surface area contributed by atoms with Gasteiger partial charge in [0.05, 0.1) is 31.1 Å². The predicted octanol–water partition coefficient (Wildman–Crippen LogP) is 2.43. The van der Waals surface area contributed by atoms with Gasteiger partial charge in [-0.15, -0.1) is 0 Å². The summed E-state index contributed by atoms with van der Waals surface area (Å²) in [5, 5.41) is 4.37. The summed E-state index contributed by atoms with van der Waals surface area (Å²) >= 11 is 0. The van der Waals surface area contributed by atoms with E-state index in [2.05, 4.69) is 18.9 Å². The van der Waals surface area contributed by atoms with Crippen LogP contribution in [-0.4, -0.2) is 29.6 Å². The summed E-state index contributed by atoms with van der Waals surface area (Å²) in [6.45, 7) is 5.10. The summed E-state index contributed by atoms with van der Waals surface area (Å²) in [4.78, 5) is 0. The molecule has 0 bridgehead atoms. The van der Waals surface area contributed by atoms with E-state index in [-0.39, 0.29) is 12.1 Å². The summed E-state index contributed by atoms with van der Waals surface area (Å²) in [5.74, 6) is 0.786. The summed E-state index contributed by atoms with van der Waals surface area (Å²) in [6, 6.07) is 0.233. The van der Waals surface area contributed by atoms with Crippen LogP contribution in [0.5, 0.6) is 5.75 Å². The van der Waals surface area contributed by atoms with Gasteiger partial charge in [0.2, 0.25) is 0 Å². The Bertz CT molecular complexity index is 397. The van der Waals surface area contributed by atoms with E-state index in [4.69, 9.17) is 15.2 Å². The fourth-order valence-corrected chi connectivity index (χ4v) is 2.65. The number of aromatic nitrogens is 2. The lowest BCUT2D eigenvalue weighted by molar-refractivity contribution is 0.100. The number of nitrogens with zero attached hydrogens (tertiary/aromatic N) is 2. The molecule has 2 heterocycles. The van der Waals surface area contributed by atoms with Gasteiger partial charge in [0.25, 0.3) is 0 Å². The zero-order chi connectivity index (χ0) is 13.8. The third-order valence-corrected chi connectivity index (χ3v) is 3.68. The Labute approximate surface area is 115 Å². The summed E-state index contributed by atoms with van der Waals surface area (Å²) < 4.78 is 13.0. The number of hydrogen-bond donors (Lipinski definition) is 1. The number of ether oxygens (including phenoxy) is 2. The highest BCUT2D eigenvalue weighted by Crippen LogP contribution is 2.30. The first-order valence-corrected chi connectivity index (χ1v) is 7.12. The zero-order valence-corrected chi connectivity index (χ0v) is 12.1. The minimum absolute atomic E-state index is 0.0518. The molecule has 2 rings (SSSR count). The van der Waals surface area contributed by atoms with Crippen molar-refractivity contribution in [1.82, 2.24) is 9.78 Å². The van der Waals surface area contributed by atoms with Crippen LogP contribution in [0.15, 0.2) is 6.20 Å². The smallest absolute Gasteiger partial charge is 0.161 e. The van der Waals surface area contributed by atoms with E-state index in [1.165, 1.54) is 6.42 Å². The fraction of sp³-hybridized carbons (Fsp3) is 0.786. The van der Waals surface area contributed by atoms with Gasteiger partial charge in [-0.3, -0.25) is 4.68 Å². The van der Waals surface area contributed by atoms with Crippen LogP contribution in [0.25, 0.3) is 0 Å². The predicted molar refractivity (Wildman–Crippen MR) is 74.3 cm³/mol. The van der Waals surface area contributed by atoms with Gasteiger partial charge >= 0.3 is 0 Å². The van der Waals surface area contributed by atoms with Crippen molar-refractivity contribution in [3.63, 3.8) is 0 Å². The molecule has 2 atom stereocenters. The van der Waals surface area contributed by atoms with Crippen molar-refractivity contribution in [2.45, 2.75) is 57.7 Å². The second-order valence-corrected chi connectivity index (χ2v) is 5.46. The van der Waals surface area contributed by atoms with E-state index >= 15 is 0 Å². The van der Waals surface area contributed by atoms with Crippen molar-refractivity contribution < 1.29 is 9.47 Å². The maximum Gasteiger partial charge on any atom is 0.161 e. The van der Waals surface area contributed by atoms with Crippen molar-refractivity contribution in [1.29, 1.82) is 0 Å². The van der Waals surface area contributed by atoms with Gasteiger partial charge in [-0.2, -0.15) is 5.10 Å². The Morgan fingerprint density at radius 1 is 1.58 bits per heavy atom. The van der Waals surface area contributed by atoms with Gasteiger partial charge in [0, 0.05) is 12.6 Å². The topological polar surface area (TPSA) is 62.3 Å². The molecule has 1 saturated heterocycles. The van der Waals surface area contributed by atoms with E-state index in [9.17, 15) is 0 Å². The van der Waals surface area contributed by atoms with Crippen molar-refractivity contribution in [2.24, 2.45) is 5.73 Å². The van der Waals surface area contributed by atoms with Crippen molar-refractivity contribution in [2.75, 3.05) is 13.7 Å². The lowest BCUT2D eigenvalue weighted by Gasteiger charge is -2.19. The zero-order valence-electron chi connectivity index (χ0n) is 12.1. The van der Waals surface area contributed by atoms with Crippen LogP contribution < -0.4 is 10.5 Å². The van der Waals surface area contributed by atoms with Crippen LogP contribution in [0.1, 0.15) is 57.3 Å². The molecule has 0 saturated carbocycles. The maximum absolute atomic E-state index is 6.34. The molecular formula is C14H25N3O2. The van der Waals surface area contributed by atoms with E-state index in [1.807, 2.05) is 4.68 Å². The van der Waals surface area contributed by atoms with Crippen LogP contribution in [0.4, 0.5) is 0 Å². The minimum atomic E-state index is -0.0518. The van der Waals surface area contributed by atoms with Crippen LogP contribution in [0.2, 0.25) is 0 Å². The molecule has 1 aliphatic heterocycles. The highest BCUT2D eigenvalue weighted by molar-refractivity contribution is 5.28. The van der Waals surface area contributed by atoms with E-state index in [0.29, 0.717) is 6.10 Å². The first kappa shape index (κ1) is 14.3. The number of hydrogen-bond acceptors (Lipinski definition) is 4. The number of methoxy groups -OCH3 is 1. The highest BCUT2D eigenvalue weighted by Gasteiger charge is 2.22. The van der Waals surface area contributed by atoms with Gasteiger partial charge in [0.1, 0.15) is 0 Å². The first-order chi connectivity index (χ1) is 9.13. The second-order valence-electron chi connectivity index (χ2n) is 5.46. The molecule has 108 valence electrons. The lowest BCUT2D eigenvalue weighted by Crippen LogP contribution is -2.20. The van der Waals surface area contributed by atoms with Crippen molar-refractivity contribution >= 4 is 0 Å². The average Bonchev–Trinajstić information content (AvgIpc) is 3.04. The van der Waals surface area contributed by atoms with E-state index in [0.717, 1.165) is 37.3 Å². The van der Waals surface area contributed by atoms with Crippen molar-refractivity contribution in [3.8, 4) is 5.75 Å². The van der Waals surface area contributed by atoms with E-state index < -0.39 is 0 Å². The summed E-state index contributed by atoms with van der Waals surface area (Å²) in [7, 11) is 1.66. The molecule has 1 aromatic heterocycles. The van der Waals surface area contributed by atoms with Gasteiger partial charge < -0.3 is 15.2 Å². The van der Waals surface area contributed by atoms with Gasteiger partial charge in [-0.25, -0.2) is 0 Å². The Kier molecular flexibility index (Phi) is 4.82. The van der Waals surface area contributed by atoms with Crippen LogP contribution in [0.3, 0.4) is 0 Å². The molecule has 1 fully saturated rings. The van der Waals surface area contributed by atoms with Gasteiger partial charge in [0.15, 0.2) is 5.75 Å². The van der Waals surface area contributed by atoms with Crippen LogP contribution in [-0.2, 0) is 4.74 Å². The summed E-state index contributed by atoms with van der Waals surface area (Å²) in [6.07, 6.45) is 6.38. The lowest BCUT2D eigenvalue weighted by atomic mass is 10.0. The first-order valence-electron chi connectivity index (χ1n) is 7.12. The van der Waals surface area contributed by atoms with Gasteiger partial charge in [-0.05, 0) is 39.5 Å². The quantitative estimate of drug-likeness (QED) is 0.860. The molecule has 1 aromatic rings. The Morgan fingerprint density at radius 3 is 2.95 bits per heavy atom. The molecule has 0 spiro atoms. The third kappa shape index (κ3) is 3.28. The minimum Gasteiger partial charge on any atom is -0.493 e. The molecular weight excluding hydrogens is 242 g/mol. The number of nitrogens with two attached hydrogens (primary N) is 1. The fourth-order valence-electron chi connectivity index (χ4n) is 2.65. The van der Waals surface area contributed by atoms with Gasteiger partial charge in [-0.1, -0.05) is 0 Å². The molecule has 0 amide bonds. The van der Waals surface area contributed by atoms with Crippen LogP contribution >= 0.6 is 0 Å². The second kappa shape index (κ2) is 6.39. The largest absolute Gasteiger partial charge is 0.493 e. The SMILES string of the molecule is COc1cnn(C(C)C)c1C(N)CCC1CCCO1. The molecule has 0 aromatic carbocycles. The molecule has 19 heavy (non-hydrogen) atoms. The normalized spacial score (nSPS) is 21.0. The Hall–Kier alpha value is -1.07. The standard InChI is InChI=1S/C14H25N3O2/c1-10(2)17-14(13(18-3)9-16-17)12(15)7-6-11-5-4-8-19-11/h9-12H,4-8,15H2,1-3H3. The molecule has 5 heteroatoms. The average molecular weight is 267 g/mol. The molecule has 0 aliphatic carbocycles. The molecule has 2 unspecified atom stereocenters. The maximum atomic E-state index is 6.34. The molecule has 5 nitrogen and oxygen atoms in total. The summed E-state index contributed by atoms with van der Waals surface area (Å²) in [5.41, 5.74) is 7.33. The Morgan fingerprint density at radius 2 is 2.37 bits per heavy atom. The van der Waals surface area contributed by atoms with Crippen molar-refractivity contribution in [3.05, 3.63) is 11.9 Å². The van der Waals surface area contributed by atoms with E-state index in [1.54, 1.807) is 13.3 Å². The third-order valence-electron chi connectivity index (χ3n) is 3.68. The Balaban J connectivity index is 2.03. The monoisotopic (exact) mass is 267 g/mol. The molecule has 1 aliphatic rings.